The van der Waals surface area contributed by atoms with Gasteiger partial charge in [0.1, 0.15) is 4.32 Å². The zero-order chi connectivity index (χ0) is 16.7. The first-order valence-corrected chi connectivity index (χ1v) is 8.55. The number of carbonyl (C=O) groups is 2. The summed E-state index contributed by atoms with van der Waals surface area (Å²) < 4.78 is 0.715. The van der Waals surface area contributed by atoms with Crippen LogP contribution in [0.3, 0.4) is 0 Å². The molecule has 0 spiro atoms. The highest BCUT2D eigenvalue weighted by Crippen LogP contribution is 2.20. The molecule has 4 nitrogen and oxygen atoms in total. The number of hydrogen-bond acceptors (Lipinski definition) is 4. The second-order valence-electron chi connectivity index (χ2n) is 4.79. The van der Waals surface area contributed by atoms with Crippen molar-refractivity contribution in [1.82, 2.24) is 4.90 Å². The van der Waals surface area contributed by atoms with Gasteiger partial charge < -0.3 is 10.2 Å². The van der Waals surface area contributed by atoms with E-state index in [-0.39, 0.29) is 16.9 Å². The molecule has 0 saturated carbocycles. The van der Waals surface area contributed by atoms with Gasteiger partial charge in [-0.25, -0.2) is 0 Å². The van der Waals surface area contributed by atoms with Gasteiger partial charge in [-0.3, -0.25) is 9.59 Å². The summed E-state index contributed by atoms with van der Waals surface area (Å²) in [4.78, 5) is 25.9. The van der Waals surface area contributed by atoms with E-state index in [1.54, 1.807) is 24.3 Å². The maximum atomic E-state index is 12.3. The number of nitrogens with one attached hydrogen (secondary N) is 1. The highest BCUT2D eigenvalue weighted by Gasteiger charge is 2.19. The maximum absolute atomic E-state index is 12.3. The molecule has 0 aliphatic rings. The summed E-state index contributed by atoms with van der Waals surface area (Å²) in [6, 6.07) is 7.01. The van der Waals surface area contributed by atoms with E-state index in [9.17, 15) is 9.59 Å². The summed E-state index contributed by atoms with van der Waals surface area (Å²) in [6.45, 7) is 9.01. The number of benzene rings is 1. The third kappa shape index (κ3) is 5.10. The number of rotatable bonds is 6. The number of ketones is 1. The van der Waals surface area contributed by atoms with Gasteiger partial charge in [-0.1, -0.05) is 36.1 Å². The fourth-order valence-corrected chi connectivity index (χ4v) is 3.46. The van der Waals surface area contributed by atoms with Crippen LogP contribution in [-0.2, 0) is 4.79 Å². The Labute approximate surface area is 141 Å². The Kier molecular flexibility index (Phi) is 7.55. The van der Waals surface area contributed by atoms with Crippen LogP contribution in [0.4, 0.5) is 5.69 Å². The fourth-order valence-electron chi connectivity index (χ4n) is 1.89. The normalized spacial score (nSPS) is 11.6. The summed E-state index contributed by atoms with van der Waals surface area (Å²) >= 11 is 6.71. The van der Waals surface area contributed by atoms with E-state index in [2.05, 4.69) is 5.32 Å². The van der Waals surface area contributed by atoms with Gasteiger partial charge in [0.05, 0.1) is 10.9 Å². The molecule has 0 aromatic heterocycles. The molecule has 1 N–H and O–H groups in total. The van der Waals surface area contributed by atoms with E-state index in [1.165, 1.54) is 18.7 Å². The van der Waals surface area contributed by atoms with Crippen LogP contribution in [0.1, 0.15) is 38.1 Å². The van der Waals surface area contributed by atoms with Gasteiger partial charge in [-0.2, -0.15) is 0 Å². The number of hydrogen-bond donors (Lipinski definition) is 1. The van der Waals surface area contributed by atoms with Gasteiger partial charge in [0, 0.05) is 18.7 Å². The van der Waals surface area contributed by atoms with E-state index < -0.39 is 0 Å². The third-order valence-corrected chi connectivity index (χ3v) is 4.81. The van der Waals surface area contributed by atoms with Crippen molar-refractivity contribution in [3.05, 3.63) is 29.8 Å². The van der Waals surface area contributed by atoms with Crippen LogP contribution in [0.15, 0.2) is 24.3 Å². The molecule has 0 unspecified atom stereocenters. The predicted molar refractivity (Wildman–Crippen MR) is 97.6 cm³/mol. The van der Waals surface area contributed by atoms with Crippen LogP contribution in [0.2, 0.25) is 0 Å². The minimum atomic E-state index is -0.326. The lowest BCUT2D eigenvalue weighted by Crippen LogP contribution is -2.31. The maximum Gasteiger partial charge on any atom is 0.237 e. The predicted octanol–water partition coefficient (Wildman–Crippen LogP) is 3.58. The van der Waals surface area contributed by atoms with Crippen molar-refractivity contribution < 1.29 is 9.59 Å². The summed E-state index contributed by atoms with van der Waals surface area (Å²) in [6.07, 6.45) is 0. The standard InChI is InChI=1S/C16H22N2O2S2/c1-5-18(6-2)16(21)22-12(4)15(20)17-14-10-8-7-9-13(14)11(3)19/h7-10,12H,5-6H2,1-4H3,(H,17,20)/t12-/m1/s1. The molecule has 1 amide bonds. The van der Waals surface area contributed by atoms with Crippen LogP contribution < -0.4 is 5.32 Å². The summed E-state index contributed by atoms with van der Waals surface area (Å²) in [5, 5.41) is 2.49. The lowest BCUT2D eigenvalue weighted by molar-refractivity contribution is -0.115. The molecule has 1 aromatic carbocycles. The van der Waals surface area contributed by atoms with Crippen LogP contribution in [-0.4, -0.2) is 39.3 Å². The largest absolute Gasteiger partial charge is 0.358 e. The number of carbonyl (C=O) groups excluding carboxylic acids is 2. The van der Waals surface area contributed by atoms with Gasteiger partial charge in [0.2, 0.25) is 5.91 Å². The van der Waals surface area contributed by atoms with Crippen molar-refractivity contribution >= 4 is 45.7 Å². The van der Waals surface area contributed by atoms with Crippen molar-refractivity contribution in [3.8, 4) is 0 Å². The SMILES string of the molecule is CCN(CC)C(=S)S[C@H](C)C(=O)Nc1ccccc1C(C)=O. The Morgan fingerprint density at radius 2 is 1.86 bits per heavy atom. The van der Waals surface area contributed by atoms with E-state index in [0.29, 0.717) is 15.6 Å². The topological polar surface area (TPSA) is 49.4 Å². The first-order valence-electron chi connectivity index (χ1n) is 7.27. The Bertz CT molecular complexity index is 557. The lowest BCUT2D eigenvalue weighted by Gasteiger charge is -2.23. The smallest absolute Gasteiger partial charge is 0.237 e. The highest BCUT2D eigenvalue weighted by molar-refractivity contribution is 8.23. The Hall–Kier alpha value is -1.40. The number of Topliss-reactive ketones (excluding diaryl/α,β-unsaturated/α-hetero) is 1. The van der Waals surface area contributed by atoms with Crippen molar-refractivity contribution in [2.75, 3.05) is 18.4 Å². The second kappa shape index (κ2) is 8.90. The van der Waals surface area contributed by atoms with Crippen LogP contribution in [0.5, 0.6) is 0 Å². The zero-order valence-electron chi connectivity index (χ0n) is 13.4. The molecule has 1 aromatic rings. The molecule has 1 rings (SSSR count). The highest BCUT2D eigenvalue weighted by atomic mass is 32.2. The molecule has 0 bridgehead atoms. The minimum Gasteiger partial charge on any atom is -0.358 e. The number of amides is 1. The Morgan fingerprint density at radius 3 is 2.41 bits per heavy atom. The van der Waals surface area contributed by atoms with E-state index in [0.717, 1.165) is 13.1 Å². The van der Waals surface area contributed by atoms with E-state index >= 15 is 0 Å². The summed E-state index contributed by atoms with van der Waals surface area (Å²) in [5.74, 6) is -0.233. The van der Waals surface area contributed by atoms with Gasteiger partial charge in [-0.05, 0) is 39.8 Å². The van der Waals surface area contributed by atoms with Crippen LogP contribution in [0, 0.1) is 0 Å². The summed E-state index contributed by atoms with van der Waals surface area (Å²) in [5.41, 5.74) is 1.06. The molecule has 0 radical (unpaired) electrons. The van der Waals surface area contributed by atoms with Crippen LogP contribution in [0.25, 0.3) is 0 Å². The molecule has 120 valence electrons. The third-order valence-electron chi connectivity index (χ3n) is 3.23. The molecule has 0 aliphatic carbocycles. The number of nitrogens with zero attached hydrogens (tertiary/aromatic N) is 1. The molecule has 1 atom stereocenters. The lowest BCUT2D eigenvalue weighted by atomic mass is 10.1. The number of thiocarbonyl (C=S) groups is 1. The first-order chi connectivity index (χ1) is 10.4. The van der Waals surface area contributed by atoms with E-state index in [1.807, 2.05) is 25.7 Å². The van der Waals surface area contributed by atoms with Gasteiger partial charge in [-0.15, -0.1) is 0 Å². The van der Waals surface area contributed by atoms with E-state index in [4.69, 9.17) is 12.2 Å². The quantitative estimate of drug-likeness (QED) is 0.635. The van der Waals surface area contributed by atoms with Gasteiger partial charge >= 0.3 is 0 Å². The fraction of sp³-hybridized carbons (Fsp3) is 0.438. The van der Waals surface area contributed by atoms with Crippen molar-refractivity contribution in [1.29, 1.82) is 0 Å². The van der Waals surface area contributed by atoms with Crippen LogP contribution >= 0.6 is 24.0 Å². The van der Waals surface area contributed by atoms with Gasteiger partial charge in [0.25, 0.3) is 0 Å². The van der Waals surface area contributed by atoms with Crippen molar-refractivity contribution in [3.63, 3.8) is 0 Å². The second-order valence-corrected chi connectivity index (χ2v) is 6.76. The molecule has 0 aliphatic heterocycles. The first kappa shape index (κ1) is 18.6. The molecule has 6 heteroatoms. The summed E-state index contributed by atoms with van der Waals surface area (Å²) in [7, 11) is 0. The molecular weight excluding hydrogens is 316 g/mol. The number of para-hydroxylation sites is 1. The Balaban J connectivity index is 2.73. The minimum absolute atomic E-state index is 0.0742. The zero-order valence-corrected chi connectivity index (χ0v) is 15.0. The number of thioether (sulfide) groups is 1. The molecule has 0 saturated heterocycles. The van der Waals surface area contributed by atoms with Crippen molar-refractivity contribution in [2.24, 2.45) is 0 Å². The molecule has 0 heterocycles. The number of anilines is 1. The molecule has 22 heavy (non-hydrogen) atoms. The molecular formula is C16H22N2O2S2. The Morgan fingerprint density at radius 1 is 1.27 bits per heavy atom. The van der Waals surface area contributed by atoms with Crippen molar-refractivity contribution in [2.45, 2.75) is 32.9 Å². The molecule has 0 fully saturated rings. The monoisotopic (exact) mass is 338 g/mol. The average Bonchev–Trinajstić information content (AvgIpc) is 2.48. The van der Waals surface area contributed by atoms with Gasteiger partial charge in [0.15, 0.2) is 5.78 Å². The average molecular weight is 338 g/mol.